The van der Waals surface area contributed by atoms with Crippen LogP contribution in [-0.4, -0.2) is 66.1 Å². The van der Waals surface area contributed by atoms with E-state index in [2.05, 4.69) is 5.16 Å². The van der Waals surface area contributed by atoms with Crippen molar-refractivity contribution in [1.29, 1.82) is 0 Å². The smallest absolute Gasteiger partial charge is 0.214 e. The summed E-state index contributed by atoms with van der Waals surface area (Å²) in [6.45, 7) is 7.62. The van der Waals surface area contributed by atoms with Gasteiger partial charge in [0.2, 0.25) is 10.0 Å². The van der Waals surface area contributed by atoms with Crippen LogP contribution >= 0.6 is 0 Å². The Kier molecular flexibility index (Phi) is 5.17. The number of oxime groups is 1. The number of nitrogens with two attached hydrogens (primary N) is 1. The average Bonchev–Trinajstić information content (AvgIpc) is 2.37. The zero-order valence-electron chi connectivity index (χ0n) is 11.8. The van der Waals surface area contributed by atoms with Gasteiger partial charge in [0.05, 0.1) is 11.3 Å². The first kappa shape index (κ1) is 16.2. The average molecular weight is 292 g/mol. The van der Waals surface area contributed by atoms with E-state index < -0.39 is 15.6 Å². The summed E-state index contributed by atoms with van der Waals surface area (Å²) < 4.78 is 25.4. The van der Waals surface area contributed by atoms with Gasteiger partial charge in [-0.1, -0.05) is 12.1 Å². The van der Waals surface area contributed by atoms with E-state index in [-0.39, 0.29) is 11.6 Å². The molecule has 0 aromatic carbocycles. The van der Waals surface area contributed by atoms with Gasteiger partial charge in [-0.05, 0) is 20.3 Å². The lowest BCUT2D eigenvalue weighted by atomic mass is 10.0. The number of sulfonamides is 1. The van der Waals surface area contributed by atoms with Crippen LogP contribution in [0.25, 0.3) is 0 Å². The fourth-order valence-corrected chi connectivity index (χ4v) is 3.69. The summed E-state index contributed by atoms with van der Waals surface area (Å²) in [5.41, 5.74) is 5.10. The topological polar surface area (TPSA) is 99.2 Å². The van der Waals surface area contributed by atoms with E-state index in [1.54, 1.807) is 0 Å². The van der Waals surface area contributed by atoms with E-state index in [0.29, 0.717) is 32.6 Å². The Morgan fingerprint density at radius 2 is 1.84 bits per heavy atom. The molecule has 0 radical (unpaired) electrons. The van der Waals surface area contributed by atoms with Crippen LogP contribution in [0.2, 0.25) is 0 Å². The standard InChI is InChI=1S/C11H24N4O3S/c1-4-9-19(17,18)15-7-5-14(6-8-15)11(2,3)10(12)13-16/h16H,4-9H2,1-3H3,(H2,12,13). The lowest BCUT2D eigenvalue weighted by molar-refractivity contribution is 0.119. The first-order valence-electron chi connectivity index (χ1n) is 6.46. The Bertz CT molecular complexity index is 425. The zero-order valence-corrected chi connectivity index (χ0v) is 12.7. The van der Waals surface area contributed by atoms with Crippen molar-refractivity contribution < 1.29 is 13.6 Å². The predicted molar refractivity (Wildman–Crippen MR) is 74.7 cm³/mol. The van der Waals surface area contributed by atoms with Crippen molar-refractivity contribution in [2.45, 2.75) is 32.7 Å². The lowest BCUT2D eigenvalue weighted by Gasteiger charge is -2.42. The molecular formula is C11H24N4O3S. The minimum atomic E-state index is -3.13. The molecule has 19 heavy (non-hydrogen) atoms. The molecule has 1 saturated heterocycles. The first-order chi connectivity index (χ1) is 8.75. The van der Waals surface area contributed by atoms with Gasteiger partial charge in [-0.3, -0.25) is 4.90 Å². The Balaban J connectivity index is 2.68. The molecule has 1 fully saturated rings. The third-order valence-corrected chi connectivity index (χ3v) is 5.70. The fraction of sp³-hybridized carbons (Fsp3) is 0.909. The van der Waals surface area contributed by atoms with Gasteiger partial charge >= 0.3 is 0 Å². The predicted octanol–water partition coefficient (Wildman–Crippen LogP) is -0.131. The van der Waals surface area contributed by atoms with Gasteiger partial charge in [-0.2, -0.15) is 4.31 Å². The lowest BCUT2D eigenvalue weighted by Crippen LogP contribution is -2.60. The maximum Gasteiger partial charge on any atom is 0.214 e. The molecule has 112 valence electrons. The largest absolute Gasteiger partial charge is 0.409 e. The summed E-state index contributed by atoms with van der Waals surface area (Å²) in [7, 11) is -3.13. The Morgan fingerprint density at radius 3 is 2.26 bits per heavy atom. The van der Waals surface area contributed by atoms with Gasteiger partial charge in [-0.15, -0.1) is 0 Å². The molecule has 0 atom stereocenters. The van der Waals surface area contributed by atoms with E-state index in [1.807, 2.05) is 25.7 Å². The quantitative estimate of drug-likeness (QED) is 0.318. The van der Waals surface area contributed by atoms with Crippen LogP contribution in [0.1, 0.15) is 27.2 Å². The summed E-state index contributed by atoms with van der Waals surface area (Å²) >= 11 is 0. The Hall–Kier alpha value is -0.860. The van der Waals surface area contributed by atoms with E-state index in [1.165, 1.54) is 4.31 Å². The van der Waals surface area contributed by atoms with Crippen molar-refractivity contribution in [3.05, 3.63) is 0 Å². The second-order valence-corrected chi connectivity index (χ2v) is 7.33. The van der Waals surface area contributed by atoms with Crippen LogP contribution in [0.5, 0.6) is 0 Å². The van der Waals surface area contributed by atoms with Gasteiger partial charge in [0.1, 0.15) is 0 Å². The summed E-state index contributed by atoms with van der Waals surface area (Å²) in [5, 5.41) is 11.8. The molecule has 1 aliphatic rings. The summed E-state index contributed by atoms with van der Waals surface area (Å²) in [5.74, 6) is 0.328. The molecule has 7 nitrogen and oxygen atoms in total. The SMILES string of the molecule is CCCS(=O)(=O)N1CCN(C(C)(C)C(N)=NO)CC1. The van der Waals surface area contributed by atoms with Gasteiger partial charge in [0, 0.05) is 26.2 Å². The molecule has 1 heterocycles. The van der Waals surface area contributed by atoms with E-state index in [0.717, 1.165) is 0 Å². The van der Waals surface area contributed by atoms with Gasteiger partial charge < -0.3 is 10.9 Å². The molecule has 0 aromatic heterocycles. The van der Waals surface area contributed by atoms with Crippen molar-refractivity contribution in [2.24, 2.45) is 10.9 Å². The highest BCUT2D eigenvalue weighted by Crippen LogP contribution is 2.19. The van der Waals surface area contributed by atoms with Crippen molar-refractivity contribution in [3.63, 3.8) is 0 Å². The number of piperazine rings is 1. The van der Waals surface area contributed by atoms with Crippen LogP contribution in [-0.2, 0) is 10.0 Å². The number of hydrogen-bond acceptors (Lipinski definition) is 5. The molecule has 0 aliphatic carbocycles. The van der Waals surface area contributed by atoms with Gasteiger partial charge in [0.15, 0.2) is 5.84 Å². The summed E-state index contributed by atoms with van der Waals surface area (Å²) in [4.78, 5) is 2.03. The zero-order chi connectivity index (χ0) is 14.7. The third-order valence-electron chi connectivity index (χ3n) is 3.62. The molecule has 0 amide bonds. The highest BCUT2D eigenvalue weighted by Gasteiger charge is 2.36. The Morgan fingerprint density at radius 1 is 1.32 bits per heavy atom. The molecule has 1 rings (SSSR count). The van der Waals surface area contributed by atoms with Crippen molar-refractivity contribution >= 4 is 15.9 Å². The molecule has 8 heteroatoms. The fourth-order valence-electron chi connectivity index (χ4n) is 2.20. The Labute approximate surface area is 115 Å². The van der Waals surface area contributed by atoms with Crippen LogP contribution in [0.3, 0.4) is 0 Å². The minimum Gasteiger partial charge on any atom is -0.409 e. The van der Waals surface area contributed by atoms with E-state index in [4.69, 9.17) is 10.9 Å². The number of amidine groups is 1. The van der Waals surface area contributed by atoms with Crippen molar-refractivity contribution in [1.82, 2.24) is 9.21 Å². The van der Waals surface area contributed by atoms with Gasteiger partial charge in [-0.25, -0.2) is 8.42 Å². The molecule has 3 N–H and O–H groups in total. The van der Waals surface area contributed by atoms with Crippen LogP contribution in [0.15, 0.2) is 5.16 Å². The normalized spacial score (nSPS) is 20.7. The number of hydrogen-bond donors (Lipinski definition) is 2. The second-order valence-electron chi connectivity index (χ2n) is 5.25. The molecule has 0 spiro atoms. The second kappa shape index (κ2) is 6.06. The van der Waals surface area contributed by atoms with Crippen LogP contribution in [0.4, 0.5) is 0 Å². The molecule has 1 aliphatic heterocycles. The monoisotopic (exact) mass is 292 g/mol. The van der Waals surface area contributed by atoms with Crippen molar-refractivity contribution in [2.75, 3.05) is 31.9 Å². The van der Waals surface area contributed by atoms with Crippen molar-refractivity contribution in [3.8, 4) is 0 Å². The summed E-state index contributed by atoms with van der Waals surface area (Å²) in [6, 6.07) is 0. The molecular weight excluding hydrogens is 268 g/mol. The van der Waals surface area contributed by atoms with Gasteiger partial charge in [0.25, 0.3) is 0 Å². The van der Waals surface area contributed by atoms with E-state index >= 15 is 0 Å². The number of nitrogens with zero attached hydrogens (tertiary/aromatic N) is 3. The minimum absolute atomic E-state index is 0.136. The maximum absolute atomic E-state index is 12.0. The highest BCUT2D eigenvalue weighted by molar-refractivity contribution is 7.89. The molecule has 0 unspecified atom stereocenters. The van der Waals surface area contributed by atoms with Crippen LogP contribution < -0.4 is 5.73 Å². The third kappa shape index (κ3) is 3.58. The molecule has 0 aromatic rings. The summed E-state index contributed by atoms with van der Waals surface area (Å²) in [6.07, 6.45) is 0.623. The molecule has 0 bridgehead atoms. The highest BCUT2D eigenvalue weighted by atomic mass is 32.2. The first-order valence-corrected chi connectivity index (χ1v) is 8.07. The maximum atomic E-state index is 12.0. The van der Waals surface area contributed by atoms with Crippen LogP contribution in [0, 0.1) is 0 Å². The molecule has 0 saturated carbocycles. The number of rotatable bonds is 5. The van der Waals surface area contributed by atoms with E-state index in [9.17, 15) is 8.42 Å².